The predicted molar refractivity (Wildman–Crippen MR) is 93.4 cm³/mol. The first kappa shape index (κ1) is 21.7. The van der Waals surface area contributed by atoms with Crippen molar-refractivity contribution >= 4 is 29.3 Å². The topological polar surface area (TPSA) is 114 Å². The second kappa shape index (κ2) is 9.94. The number of aldehydes is 1. The molecular weight excluding hydrogens is 345 g/mol. The number of aromatic nitrogens is 1. The van der Waals surface area contributed by atoms with Crippen molar-refractivity contribution in [2.24, 2.45) is 0 Å². The Labute approximate surface area is 172 Å². The number of phenolic OH excluding ortho intramolecular Hbond substituents is 3. The Hall–Kier alpha value is -2.38. The molecule has 0 saturated carbocycles. The van der Waals surface area contributed by atoms with Crippen molar-refractivity contribution in [2.75, 3.05) is 7.11 Å². The Bertz CT molecular complexity index is 941. The van der Waals surface area contributed by atoms with Crippen molar-refractivity contribution in [1.82, 2.24) is 4.98 Å². The van der Waals surface area contributed by atoms with Crippen LogP contribution in [0.1, 0.15) is 21.6 Å². The van der Waals surface area contributed by atoms with Gasteiger partial charge in [0.05, 0.1) is 11.3 Å². The molecule has 0 amide bonds. The van der Waals surface area contributed by atoms with E-state index in [1.807, 2.05) is 0 Å². The predicted octanol–water partition coefficient (Wildman–Crippen LogP) is -0.685. The number of fused-ring (bicyclic) bond motifs is 1. The number of hydrogen-bond donors (Lipinski definition) is 3. The molecule has 0 bridgehead atoms. The Morgan fingerprint density at radius 2 is 1.62 bits per heavy atom. The molecule has 3 aromatic rings. The summed E-state index contributed by atoms with van der Waals surface area (Å²) in [6.45, 7) is 0. The minimum Gasteiger partial charge on any atom is -0.857 e. The van der Waals surface area contributed by atoms with Gasteiger partial charge in [-0.1, -0.05) is 24.3 Å². The number of pyridine rings is 1. The van der Waals surface area contributed by atoms with E-state index in [2.05, 4.69) is 4.98 Å². The third-order valence-electron chi connectivity index (χ3n) is 3.46. The van der Waals surface area contributed by atoms with Crippen LogP contribution < -0.4 is 34.7 Å². The van der Waals surface area contributed by atoms with Crippen LogP contribution in [0.4, 0.5) is 0 Å². The SMILES string of the molecule is C[O-].O=Cc1ccc2ccc(/C=C/c3ccc(O)c(O)c3)nc2c1O.[Na+]. The van der Waals surface area contributed by atoms with Crippen LogP contribution in [0.25, 0.3) is 23.1 Å². The standard InChI is InChI=1S/C18H13NO4.CH3O.Na/c20-10-13-4-3-12-5-7-14(19-17(12)18(13)23)6-1-11-2-8-15(21)16(22)9-11;1-2;/h1-10,21-23H;1H3;/q;-1;+1/b6-1+;;. The molecule has 2 aromatic carbocycles. The largest absolute Gasteiger partial charge is 1.00 e. The molecule has 1 aromatic heterocycles. The molecule has 0 fully saturated rings. The molecule has 3 N–H and O–H groups in total. The van der Waals surface area contributed by atoms with E-state index in [1.165, 1.54) is 12.1 Å². The van der Waals surface area contributed by atoms with E-state index < -0.39 is 0 Å². The first-order valence-corrected chi connectivity index (χ1v) is 7.27. The summed E-state index contributed by atoms with van der Waals surface area (Å²) >= 11 is 0. The molecule has 1 heterocycles. The van der Waals surface area contributed by atoms with Crippen molar-refractivity contribution in [2.45, 2.75) is 0 Å². The average Bonchev–Trinajstić information content (AvgIpc) is 2.65. The molecule has 3 rings (SSSR count). The minimum atomic E-state index is -0.202. The molecule has 0 unspecified atom stereocenters. The minimum absolute atomic E-state index is 0. The van der Waals surface area contributed by atoms with Crippen molar-refractivity contribution in [3.8, 4) is 17.2 Å². The monoisotopic (exact) mass is 361 g/mol. The van der Waals surface area contributed by atoms with Gasteiger partial charge in [-0.25, -0.2) is 4.98 Å². The number of carbonyl (C=O) groups is 1. The van der Waals surface area contributed by atoms with Gasteiger partial charge in [-0.15, -0.1) is 0 Å². The fourth-order valence-electron chi connectivity index (χ4n) is 2.22. The summed E-state index contributed by atoms with van der Waals surface area (Å²) in [4.78, 5) is 15.2. The molecule has 0 aliphatic carbocycles. The van der Waals surface area contributed by atoms with Gasteiger partial charge in [-0.2, -0.15) is 7.11 Å². The van der Waals surface area contributed by atoms with Gasteiger partial charge >= 0.3 is 29.6 Å². The zero-order valence-corrected chi connectivity index (χ0v) is 16.4. The van der Waals surface area contributed by atoms with Gasteiger partial charge in [0.15, 0.2) is 23.5 Å². The van der Waals surface area contributed by atoms with Crippen LogP contribution in [0.3, 0.4) is 0 Å². The molecule has 7 heteroatoms. The summed E-state index contributed by atoms with van der Waals surface area (Å²) < 4.78 is 0. The average molecular weight is 361 g/mol. The van der Waals surface area contributed by atoms with Crippen LogP contribution in [0.2, 0.25) is 0 Å². The van der Waals surface area contributed by atoms with Crippen LogP contribution in [0, 0.1) is 0 Å². The van der Waals surface area contributed by atoms with Crippen molar-refractivity contribution in [3.63, 3.8) is 0 Å². The number of hydrogen-bond acceptors (Lipinski definition) is 6. The van der Waals surface area contributed by atoms with Crippen LogP contribution in [-0.2, 0) is 0 Å². The summed E-state index contributed by atoms with van der Waals surface area (Å²) in [5.41, 5.74) is 1.82. The molecule has 0 spiro atoms. The Kier molecular flexibility index (Phi) is 8.28. The van der Waals surface area contributed by atoms with E-state index in [1.54, 1.807) is 42.5 Å². The molecular formula is C19H16NNaO5. The molecule has 0 atom stereocenters. The zero-order valence-electron chi connectivity index (χ0n) is 14.4. The van der Waals surface area contributed by atoms with Crippen molar-refractivity contribution in [3.05, 3.63) is 59.3 Å². The Balaban J connectivity index is 0.00000109. The van der Waals surface area contributed by atoms with Gasteiger partial charge in [0.1, 0.15) is 5.52 Å². The van der Waals surface area contributed by atoms with Crippen LogP contribution in [0.5, 0.6) is 17.2 Å². The Morgan fingerprint density at radius 3 is 2.27 bits per heavy atom. The number of benzene rings is 2. The number of phenols is 3. The fourth-order valence-corrected chi connectivity index (χ4v) is 2.22. The van der Waals surface area contributed by atoms with E-state index in [0.717, 1.165) is 12.5 Å². The second-order valence-electron chi connectivity index (χ2n) is 5.01. The number of nitrogens with zero attached hydrogens (tertiary/aromatic N) is 1. The summed E-state index contributed by atoms with van der Waals surface area (Å²) in [6.07, 6.45) is 4.00. The fraction of sp³-hybridized carbons (Fsp3) is 0.0526. The second-order valence-corrected chi connectivity index (χ2v) is 5.01. The number of aromatic hydroxyl groups is 3. The number of rotatable bonds is 3. The van der Waals surface area contributed by atoms with Gasteiger partial charge in [0.25, 0.3) is 0 Å². The summed E-state index contributed by atoms with van der Waals surface area (Å²) in [5.74, 6) is -0.529. The van der Waals surface area contributed by atoms with Crippen LogP contribution >= 0.6 is 0 Å². The first-order chi connectivity index (χ1) is 12.1. The summed E-state index contributed by atoms with van der Waals surface area (Å²) in [7, 11) is 0.750. The molecule has 26 heavy (non-hydrogen) atoms. The molecule has 0 aliphatic rings. The van der Waals surface area contributed by atoms with Gasteiger partial charge in [-0.05, 0) is 35.9 Å². The van der Waals surface area contributed by atoms with Crippen LogP contribution in [0.15, 0.2) is 42.5 Å². The third-order valence-corrected chi connectivity index (χ3v) is 3.46. The maximum absolute atomic E-state index is 10.9. The van der Waals surface area contributed by atoms with E-state index in [0.29, 0.717) is 23.1 Å². The van der Waals surface area contributed by atoms with Gasteiger partial charge < -0.3 is 20.4 Å². The molecule has 0 saturated heterocycles. The van der Waals surface area contributed by atoms with E-state index in [4.69, 9.17) is 5.11 Å². The van der Waals surface area contributed by atoms with Crippen LogP contribution in [-0.4, -0.2) is 33.7 Å². The maximum Gasteiger partial charge on any atom is 1.00 e. The van der Waals surface area contributed by atoms with Gasteiger partial charge in [-0.3, -0.25) is 4.79 Å². The number of carbonyl (C=O) groups excluding carboxylic acids is 1. The molecule has 6 nitrogen and oxygen atoms in total. The van der Waals surface area contributed by atoms with Crippen molar-refractivity contribution < 1.29 is 54.8 Å². The van der Waals surface area contributed by atoms with E-state index in [-0.39, 0.29) is 52.4 Å². The van der Waals surface area contributed by atoms with Gasteiger partial charge in [0, 0.05) is 5.39 Å². The molecule has 0 radical (unpaired) electrons. The third kappa shape index (κ3) is 4.83. The zero-order chi connectivity index (χ0) is 18.4. The van der Waals surface area contributed by atoms with E-state index >= 15 is 0 Å². The van der Waals surface area contributed by atoms with Crippen molar-refractivity contribution in [1.29, 1.82) is 0 Å². The normalized spacial score (nSPS) is 10.1. The summed E-state index contributed by atoms with van der Waals surface area (Å²) in [5, 5.41) is 37.8. The molecule has 0 aliphatic heterocycles. The van der Waals surface area contributed by atoms with E-state index in [9.17, 15) is 20.1 Å². The summed E-state index contributed by atoms with van der Waals surface area (Å²) in [6, 6.07) is 11.3. The maximum atomic E-state index is 10.9. The van der Waals surface area contributed by atoms with Gasteiger partial charge in [0.2, 0.25) is 0 Å². The quantitative estimate of drug-likeness (QED) is 0.323. The Morgan fingerprint density at radius 1 is 0.923 bits per heavy atom. The smallest absolute Gasteiger partial charge is 0.857 e. The molecule has 128 valence electrons. The first-order valence-electron chi connectivity index (χ1n) is 7.27.